The van der Waals surface area contributed by atoms with E-state index >= 15 is 0 Å². The van der Waals surface area contributed by atoms with E-state index in [4.69, 9.17) is 0 Å². The predicted octanol–water partition coefficient (Wildman–Crippen LogP) is 3.18. The summed E-state index contributed by atoms with van der Waals surface area (Å²) in [4.78, 5) is 26.6. The van der Waals surface area contributed by atoms with Gasteiger partial charge in [-0.2, -0.15) is 0 Å². The van der Waals surface area contributed by atoms with Crippen molar-refractivity contribution in [2.75, 3.05) is 0 Å². The van der Waals surface area contributed by atoms with Crippen LogP contribution >= 0.6 is 0 Å². The lowest BCUT2D eigenvalue weighted by Crippen LogP contribution is -1.97. The van der Waals surface area contributed by atoms with Crippen LogP contribution < -0.4 is 0 Å². The minimum absolute atomic E-state index is 0.485. The number of hydrogen-bond acceptors (Lipinski definition) is 6. The zero-order valence-electron chi connectivity index (χ0n) is 12.5. The number of pyridine rings is 2. The van der Waals surface area contributed by atoms with Crippen LogP contribution in [0.3, 0.4) is 0 Å². The molecule has 112 valence electrons. The molecule has 0 bridgehead atoms. The van der Waals surface area contributed by atoms with Gasteiger partial charge in [-0.05, 0) is 36.4 Å². The van der Waals surface area contributed by atoms with Crippen LogP contribution in [-0.4, -0.2) is 29.9 Å². The summed E-state index contributed by atoms with van der Waals surface area (Å²) in [6.45, 7) is 0. The molecule has 0 saturated carbocycles. The molecule has 0 fully saturated rings. The van der Waals surface area contributed by atoms with Gasteiger partial charge in [-0.25, -0.2) is 19.9 Å². The molecule has 5 aromatic rings. The molecule has 6 nitrogen and oxygen atoms in total. The van der Waals surface area contributed by atoms with Crippen molar-refractivity contribution in [3.8, 4) is 11.6 Å². The van der Waals surface area contributed by atoms with Gasteiger partial charge < -0.3 is 0 Å². The third kappa shape index (κ3) is 1.97. The lowest BCUT2D eigenvalue weighted by atomic mass is 10.1. The lowest BCUT2D eigenvalue weighted by Gasteiger charge is -2.05. The van der Waals surface area contributed by atoms with Crippen LogP contribution in [0.15, 0.2) is 61.2 Å². The second-order valence-electron chi connectivity index (χ2n) is 5.37. The molecular weight excluding hydrogens is 300 g/mol. The van der Waals surface area contributed by atoms with E-state index in [1.165, 1.54) is 0 Å². The fourth-order valence-electron chi connectivity index (χ4n) is 2.73. The molecule has 1 aromatic carbocycles. The van der Waals surface area contributed by atoms with Crippen molar-refractivity contribution in [3.05, 3.63) is 61.2 Å². The van der Waals surface area contributed by atoms with E-state index in [0.29, 0.717) is 11.6 Å². The molecule has 6 heteroatoms. The molecule has 5 rings (SSSR count). The molecule has 24 heavy (non-hydrogen) atoms. The van der Waals surface area contributed by atoms with E-state index in [0.717, 1.165) is 32.8 Å². The number of aromatic nitrogens is 6. The summed E-state index contributed by atoms with van der Waals surface area (Å²) in [5, 5.41) is 1.95. The first-order valence-corrected chi connectivity index (χ1v) is 7.47. The van der Waals surface area contributed by atoms with Gasteiger partial charge in [0.15, 0.2) is 11.6 Å². The molecule has 0 spiro atoms. The summed E-state index contributed by atoms with van der Waals surface area (Å²) in [5.41, 5.74) is 3.27. The number of fused-ring (bicyclic) bond motifs is 4. The first-order chi connectivity index (χ1) is 11.9. The summed E-state index contributed by atoms with van der Waals surface area (Å²) in [6, 6.07) is 11.6. The molecular formula is C18H10N6. The van der Waals surface area contributed by atoms with Gasteiger partial charge in [0.25, 0.3) is 0 Å². The van der Waals surface area contributed by atoms with Crippen molar-refractivity contribution in [2.45, 2.75) is 0 Å². The fourth-order valence-corrected chi connectivity index (χ4v) is 2.73. The van der Waals surface area contributed by atoms with E-state index in [9.17, 15) is 0 Å². The highest BCUT2D eigenvalue weighted by molar-refractivity contribution is 6.03. The molecule has 0 radical (unpaired) electrons. The van der Waals surface area contributed by atoms with Crippen LogP contribution in [0.2, 0.25) is 0 Å². The first kappa shape index (κ1) is 13.0. The van der Waals surface area contributed by atoms with Gasteiger partial charge in [0, 0.05) is 29.4 Å². The second-order valence-corrected chi connectivity index (χ2v) is 5.37. The number of benzene rings is 1. The van der Waals surface area contributed by atoms with Crippen molar-refractivity contribution in [3.63, 3.8) is 0 Å². The Morgan fingerprint density at radius 1 is 0.583 bits per heavy atom. The molecule has 4 aromatic heterocycles. The maximum Gasteiger partial charge on any atom is 0.198 e. The van der Waals surface area contributed by atoms with Crippen LogP contribution in [-0.2, 0) is 0 Å². The normalized spacial score (nSPS) is 11.3. The van der Waals surface area contributed by atoms with Crippen molar-refractivity contribution in [1.29, 1.82) is 0 Å². The maximum absolute atomic E-state index is 4.68. The predicted molar refractivity (Wildman–Crippen MR) is 91.2 cm³/mol. The molecule has 0 atom stereocenters. The quantitative estimate of drug-likeness (QED) is 0.442. The number of rotatable bonds is 1. The van der Waals surface area contributed by atoms with Crippen molar-refractivity contribution in [1.82, 2.24) is 29.9 Å². The van der Waals surface area contributed by atoms with Gasteiger partial charge in [0.05, 0.1) is 22.7 Å². The van der Waals surface area contributed by atoms with E-state index in [1.54, 1.807) is 24.8 Å². The SMILES string of the molecule is c1cnc2cnc(-c3ncc4ccc5ncccc5c4n3)nc2c1. The number of hydrogen-bond donors (Lipinski definition) is 0. The highest BCUT2D eigenvalue weighted by atomic mass is 15.0. The molecule has 0 aliphatic heterocycles. The van der Waals surface area contributed by atoms with Gasteiger partial charge in [-0.15, -0.1) is 0 Å². The Morgan fingerprint density at radius 3 is 2.33 bits per heavy atom. The minimum atomic E-state index is 0.485. The Balaban J connectivity index is 1.77. The summed E-state index contributed by atoms with van der Waals surface area (Å²) in [7, 11) is 0. The van der Waals surface area contributed by atoms with Crippen LogP contribution in [0.1, 0.15) is 0 Å². The van der Waals surface area contributed by atoms with Gasteiger partial charge >= 0.3 is 0 Å². The molecule has 4 heterocycles. The minimum Gasteiger partial charge on any atom is -0.256 e. The van der Waals surface area contributed by atoms with Crippen LogP contribution in [0.25, 0.3) is 44.5 Å². The Morgan fingerprint density at radius 2 is 1.38 bits per heavy atom. The van der Waals surface area contributed by atoms with Crippen LogP contribution in [0.4, 0.5) is 0 Å². The molecule has 0 aliphatic rings. The zero-order valence-corrected chi connectivity index (χ0v) is 12.5. The topological polar surface area (TPSA) is 77.3 Å². The average Bonchev–Trinajstić information content (AvgIpc) is 2.67. The zero-order chi connectivity index (χ0) is 15.9. The highest BCUT2D eigenvalue weighted by Gasteiger charge is 2.10. The summed E-state index contributed by atoms with van der Waals surface area (Å²) >= 11 is 0. The second kappa shape index (κ2) is 4.99. The third-order valence-electron chi connectivity index (χ3n) is 3.88. The smallest absolute Gasteiger partial charge is 0.198 e. The Bertz CT molecular complexity index is 1220. The van der Waals surface area contributed by atoms with E-state index in [2.05, 4.69) is 29.9 Å². The van der Waals surface area contributed by atoms with Gasteiger partial charge in [0.1, 0.15) is 5.52 Å². The van der Waals surface area contributed by atoms with Gasteiger partial charge in [0.2, 0.25) is 0 Å². The monoisotopic (exact) mass is 310 g/mol. The standard InChI is InChI=1S/C18H10N6/c1-3-12-13(19-7-1)6-5-11-9-21-18(24-16(11)12)17-22-10-15-14(23-17)4-2-8-20-15/h1-10H. The molecule has 0 N–H and O–H groups in total. The van der Waals surface area contributed by atoms with Crippen molar-refractivity contribution in [2.24, 2.45) is 0 Å². The summed E-state index contributed by atoms with van der Waals surface area (Å²) in [6.07, 6.45) is 6.98. The van der Waals surface area contributed by atoms with E-state index in [1.807, 2.05) is 36.4 Å². The fraction of sp³-hybridized carbons (Fsp3) is 0. The highest BCUT2D eigenvalue weighted by Crippen LogP contribution is 2.23. The molecule has 0 unspecified atom stereocenters. The van der Waals surface area contributed by atoms with E-state index < -0.39 is 0 Å². The van der Waals surface area contributed by atoms with Crippen LogP contribution in [0.5, 0.6) is 0 Å². The third-order valence-corrected chi connectivity index (χ3v) is 3.88. The lowest BCUT2D eigenvalue weighted by molar-refractivity contribution is 1.12. The molecule has 0 aliphatic carbocycles. The van der Waals surface area contributed by atoms with Gasteiger partial charge in [-0.3, -0.25) is 9.97 Å². The van der Waals surface area contributed by atoms with Crippen molar-refractivity contribution >= 4 is 32.8 Å². The first-order valence-electron chi connectivity index (χ1n) is 7.47. The summed E-state index contributed by atoms with van der Waals surface area (Å²) in [5.74, 6) is 0.975. The van der Waals surface area contributed by atoms with Crippen LogP contribution in [0, 0.1) is 0 Å². The Kier molecular flexibility index (Phi) is 2.69. The molecule has 0 amide bonds. The van der Waals surface area contributed by atoms with E-state index in [-0.39, 0.29) is 0 Å². The van der Waals surface area contributed by atoms with Crippen molar-refractivity contribution < 1.29 is 0 Å². The largest absolute Gasteiger partial charge is 0.256 e. The molecule has 0 saturated heterocycles. The average molecular weight is 310 g/mol. The Labute approximate surface area is 136 Å². The Hall–Kier alpha value is -3.54. The maximum atomic E-state index is 4.68. The van der Waals surface area contributed by atoms with Gasteiger partial charge in [-0.1, -0.05) is 0 Å². The summed E-state index contributed by atoms with van der Waals surface area (Å²) < 4.78 is 0. The number of nitrogens with zero attached hydrogens (tertiary/aromatic N) is 6.